The van der Waals surface area contributed by atoms with Crippen molar-refractivity contribution in [2.75, 3.05) is 13.2 Å². The minimum Gasteiger partial charge on any atom is -0.396 e. The molecule has 1 aliphatic carbocycles. The van der Waals surface area contributed by atoms with Gasteiger partial charge in [-0.25, -0.2) is 9.67 Å². The summed E-state index contributed by atoms with van der Waals surface area (Å²) in [5, 5.41) is 17.4. The predicted octanol–water partition coefficient (Wildman–Crippen LogP) is 1.75. The molecule has 0 radical (unpaired) electrons. The fourth-order valence-electron chi connectivity index (χ4n) is 2.65. The van der Waals surface area contributed by atoms with Crippen LogP contribution in [-0.2, 0) is 6.54 Å². The monoisotopic (exact) mass is 286 g/mol. The molecule has 1 saturated carbocycles. The van der Waals surface area contributed by atoms with Gasteiger partial charge in [0.15, 0.2) is 5.82 Å². The third kappa shape index (κ3) is 2.84. The Bertz CT molecular complexity index is 617. The Balaban J connectivity index is 1.73. The van der Waals surface area contributed by atoms with Crippen LogP contribution in [0.5, 0.6) is 0 Å². The molecule has 1 aliphatic rings. The van der Waals surface area contributed by atoms with E-state index in [0.29, 0.717) is 0 Å². The maximum absolute atomic E-state index is 9.35. The topological polar surface area (TPSA) is 63.0 Å². The van der Waals surface area contributed by atoms with Crippen LogP contribution in [0, 0.1) is 19.3 Å². The summed E-state index contributed by atoms with van der Waals surface area (Å²) in [6, 6.07) is 5.83. The van der Waals surface area contributed by atoms with Gasteiger partial charge in [0.25, 0.3) is 0 Å². The van der Waals surface area contributed by atoms with E-state index in [9.17, 15) is 5.11 Å². The third-order valence-corrected chi connectivity index (χ3v) is 4.40. The molecule has 3 rings (SSSR count). The van der Waals surface area contributed by atoms with Crippen LogP contribution in [0.2, 0.25) is 0 Å². The number of nitrogens with one attached hydrogen (secondary N) is 1. The first-order chi connectivity index (χ1) is 10.2. The molecule has 0 saturated heterocycles. The Hall–Kier alpha value is -1.72. The minimum atomic E-state index is 0.138. The van der Waals surface area contributed by atoms with E-state index < -0.39 is 0 Å². The lowest BCUT2D eigenvalue weighted by atomic mass is 10.1. The zero-order valence-corrected chi connectivity index (χ0v) is 12.6. The summed E-state index contributed by atoms with van der Waals surface area (Å²) in [5.41, 5.74) is 3.50. The first kappa shape index (κ1) is 14.2. The van der Waals surface area contributed by atoms with Crippen LogP contribution in [0.25, 0.3) is 5.82 Å². The van der Waals surface area contributed by atoms with Crippen LogP contribution >= 0.6 is 0 Å². The lowest BCUT2D eigenvalue weighted by Gasteiger charge is -2.12. The summed E-state index contributed by atoms with van der Waals surface area (Å²) in [4.78, 5) is 4.35. The van der Waals surface area contributed by atoms with E-state index in [-0.39, 0.29) is 12.0 Å². The summed E-state index contributed by atoms with van der Waals surface area (Å²) in [5.74, 6) is 0.846. The Labute approximate surface area is 125 Å². The van der Waals surface area contributed by atoms with Crippen LogP contribution < -0.4 is 5.32 Å². The third-order valence-electron chi connectivity index (χ3n) is 4.40. The molecule has 0 atom stereocenters. The summed E-state index contributed by atoms with van der Waals surface area (Å²) in [6.07, 6.45) is 4.03. The van der Waals surface area contributed by atoms with Gasteiger partial charge < -0.3 is 10.4 Å². The molecule has 5 nitrogen and oxygen atoms in total. The van der Waals surface area contributed by atoms with E-state index in [1.165, 1.54) is 5.56 Å². The molecule has 0 spiro atoms. The van der Waals surface area contributed by atoms with Gasteiger partial charge in [-0.1, -0.05) is 6.07 Å². The summed E-state index contributed by atoms with van der Waals surface area (Å²) in [7, 11) is 0. The number of aliphatic hydroxyl groups is 1. The lowest BCUT2D eigenvalue weighted by molar-refractivity contribution is 0.207. The Kier molecular flexibility index (Phi) is 3.78. The van der Waals surface area contributed by atoms with Crippen molar-refractivity contribution in [1.29, 1.82) is 0 Å². The summed E-state index contributed by atoms with van der Waals surface area (Å²) < 4.78 is 1.89. The van der Waals surface area contributed by atoms with Crippen molar-refractivity contribution < 1.29 is 5.11 Å². The molecular formula is C16H22N4O. The van der Waals surface area contributed by atoms with Gasteiger partial charge in [-0.05, 0) is 38.8 Å². The summed E-state index contributed by atoms with van der Waals surface area (Å²) >= 11 is 0. The summed E-state index contributed by atoms with van der Waals surface area (Å²) in [6.45, 7) is 6.04. The second kappa shape index (κ2) is 5.58. The van der Waals surface area contributed by atoms with Crippen molar-refractivity contribution in [3.8, 4) is 5.82 Å². The zero-order chi connectivity index (χ0) is 14.9. The van der Waals surface area contributed by atoms with Crippen LogP contribution in [-0.4, -0.2) is 33.0 Å². The SMILES string of the molecule is Cc1nn(-c2ccccn2)c(C)c1CNCC1(CO)CC1. The van der Waals surface area contributed by atoms with E-state index in [0.717, 1.165) is 43.1 Å². The van der Waals surface area contributed by atoms with Gasteiger partial charge in [-0.2, -0.15) is 5.10 Å². The van der Waals surface area contributed by atoms with Crippen molar-refractivity contribution in [3.05, 3.63) is 41.3 Å². The quantitative estimate of drug-likeness (QED) is 0.849. The van der Waals surface area contributed by atoms with Crippen molar-refractivity contribution in [1.82, 2.24) is 20.1 Å². The molecule has 2 aromatic heterocycles. The van der Waals surface area contributed by atoms with Gasteiger partial charge in [0.2, 0.25) is 0 Å². The smallest absolute Gasteiger partial charge is 0.153 e. The highest BCUT2D eigenvalue weighted by Crippen LogP contribution is 2.44. The lowest BCUT2D eigenvalue weighted by Crippen LogP contribution is -2.26. The van der Waals surface area contributed by atoms with Crippen molar-refractivity contribution >= 4 is 0 Å². The van der Waals surface area contributed by atoms with Crippen molar-refractivity contribution in [2.45, 2.75) is 33.2 Å². The second-order valence-electron chi connectivity index (χ2n) is 6.01. The van der Waals surface area contributed by atoms with Gasteiger partial charge in [-0.15, -0.1) is 0 Å². The molecule has 0 unspecified atom stereocenters. The van der Waals surface area contributed by atoms with Gasteiger partial charge in [0, 0.05) is 42.6 Å². The molecule has 5 heteroatoms. The van der Waals surface area contributed by atoms with Crippen LogP contribution in [0.15, 0.2) is 24.4 Å². The molecule has 0 bridgehead atoms. The highest BCUT2D eigenvalue weighted by Gasteiger charge is 2.41. The van der Waals surface area contributed by atoms with E-state index >= 15 is 0 Å². The van der Waals surface area contributed by atoms with Gasteiger partial charge in [0.05, 0.1) is 5.69 Å². The standard InChI is InChI=1S/C16H22N4O/c1-12-14(9-17-10-16(11-21)6-7-16)13(2)20(19-12)15-5-3-4-8-18-15/h3-5,8,17,21H,6-7,9-11H2,1-2H3. The molecule has 0 aliphatic heterocycles. The highest BCUT2D eigenvalue weighted by atomic mass is 16.3. The fraction of sp³-hybridized carbons (Fsp3) is 0.500. The minimum absolute atomic E-state index is 0.138. The Morgan fingerprint density at radius 3 is 2.76 bits per heavy atom. The maximum atomic E-state index is 9.35. The largest absolute Gasteiger partial charge is 0.396 e. The number of aliphatic hydroxyl groups excluding tert-OH is 1. The zero-order valence-electron chi connectivity index (χ0n) is 12.6. The second-order valence-corrected chi connectivity index (χ2v) is 6.01. The molecule has 2 heterocycles. The van der Waals surface area contributed by atoms with Crippen molar-refractivity contribution in [2.24, 2.45) is 5.41 Å². The molecule has 112 valence electrons. The maximum Gasteiger partial charge on any atom is 0.153 e. The van der Waals surface area contributed by atoms with Gasteiger partial charge in [-0.3, -0.25) is 0 Å². The molecule has 0 aromatic carbocycles. The molecule has 2 aromatic rings. The van der Waals surface area contributed by atoms with E-state index in [2.05, 4.69) is 22.3 Å². The molecule has 21 heavy (non-hydrogen) atoms. The number of rotatable bonds is 6. The number of nitrogens with zero attached hydrogens (tertiary/aromatic N) is 3. The van der Waals surface area contributed by atoms with E-state index in [1.54, 1.807) is 6.20 Å². The Morgan fingerprint density at radius 2 is 2.14 bits per heavy atom. The fourth-order valence-corrected chi connectivity index (χ4v) is 2.65. The molecule has 0 amide bonds. The Morgan fingerprint density at radius 1 is 1.33 bits per heavy atom. The number of pyridine rings is 1. The van der Waals surface area contributed by atoms with E-state index in [4.69, 9.17) is 0 Å². The predicted molar refractivity (Wildman–Crippen MR) is 81.3 cm³/mol. The van der Waals surface area contributed by atoms with Crippen LogP contribution in [0.1, 0.15) is 29.8 Å². The number of hydrogen-bond donors (Lipinski definition) is 2. The van der Waals surface area contributed by atoms with Crippen molar-refractivity contribution in [3.63, 3.8) is 0 Å². The number of aromatic nitrogens is 3. The number of aryl methyl sites for hydroxylation is 1. The molecule has 1 fully saturated rings. The normalized spacial score (nSPS) is 16.1. The van der Waals surface area contributed by atoms with Gasteiger partial charge in [0.1, 0.15) is 0 Å². The van der Waals surface area contributed by atoms with Crippen LogP contribution in [0.3, 0.4) is 0 Å². The molecular weight excluding hydrogens is 264 g/mol. The molecule has 2 N–H and O–H groups in total. The first-order valence-electron chi connectivity index (χ1n) is 7.43. The highest BCUT2D eigenvalue weighted by molar-refractivity contribution is 5.32. The first-order valence-corrected chi connectivity index (χ1v) is 7.43. The van der Waals surface area contributed by atoms with Crippen LogP contribution in [0.4, 0.5) is 0 Å². The number of hydrogen-bond acceptors (Lipinski definition) is 4. The van der Waals surface area contributed by atoms with Gasteiger partial charge >= 0.3 is 0 Å². The average Bonchev–Trinajstić information content (AvgIpc) is 3.24. The average molecular weight is 286 g/mol. The van der Waals surface area contributed by atoms with E-state index in [1.807, 2.05) is 29.8 Å².